The first-order valence-electron chi connectivity index (χ1n) is 11.1. The van der Waals surface area contributed by atoms with Gasteiger partial charge in [-0.25, -0.2) is 0 Å². The molecule has 11 heteroatoms. The summed E-state index contributed by atoms with van der Waals surface area (Å²) in [6.45, 7) is 0.413. The van der Waals surface area contributed by atoms with E-state index in [2.05, 4.69) is 15.5 Å². The van der Waals surface area contributed by atoms with E-state index in [1.165, 1.54) is 12.3 Å². The van der Waals surface area contributed by atoms with Crippen molar-refractivity contribution in [2.45, 2.75) is 37.4 Å². The number of nitro benzene ring substituents is 1. The minimum atomic E-state index is -1.31. The van der Waals surface area contributed by atoms with Crippen LogP contribution in [0.2, 0.25) is 0 Å². The standard InChI is InChI=1S/C24H27N5O6/c30-14-21-23(32)24(33)22(31)13-28(21)12-16-4-1-3-15(9-16)11-25-19-7-6-17(10-20(19)29(34)35)18-5-2-8-26-27-18/h1-10,21-25,30-33H,11-14H2/t21-,22+,23-,24-/m1/s1. The van der Waals surface area contributed by atoms with E-state index in [4.69, 9.17) is 0 Å². The molecule has 4 atom stereocenters. The summed E-state index contributed by atoms with van der Waals surface area (Å²) in [5.74, 6) is 0. The number of β-amino-alcohol motifs (C(OH)–C–C–N with tert-alkyl or cyclic N) is 1. The lowest BCUT2D eigenvalue weighted by molar-refractivity contribution is -0.383. The van der Waals surface area contributed by atoms with Gasteiger partial charge >= 0.3 is 0 Å². The van der Waals surface area contributed by atoms with Crippen molar-refractivity contribution in [1.82, 2.24) is 15.1 Å². The molecule has 11 nitrogen and oxygen atoms in total. The Morgan fingerprint density at radius 3 is 2.57 bits per heavy atom. The van der Waals surface area contributed by atoms with E-state index in [-0.39, 0.29) is 18.8 Å². The van der Waals surface area contributed by atoms with Gasteiger partial charge in [0.2, 0.25) is 0 Å². The van der Waals surface area contributed by atoms with Gasteiger partial charge in [-0.2, -0.15) is 10.2 Å². The monoisotopic (exact) mass is 481 g/mol. The average Bonchev–Trinajstić information content (AvgIpc) is 2.87. The van der Waals surface area contributed by atoms with Gasteiger partial charge in [-0.05, 0) is 29.3 Å². The molecule has 0 radical (unpaired) electrons. The maximum atomic E-state index is 11.7. The molecule has 2 aromatic carbocycles. The molecule has 184 valence electrons. The zero-order valence-corrected chi connectivity index (χ0v) is 18.8. The molecule has 0 bridgehead atoms. The summed E-state index contributed by atoms with van der Waals surface area (Å²) in [6, 6.07) is 15.1. The number of nitrogens with one attached hydrogen (secondary N) is 1. The number of hydrogen-bond donors (Lipinski definition) is 5. The molecule has 0 unspecified atom stereocenters. The number of piperidine rings is 1. The highest BCUT2D eigenvalue weighted by Gasteiger charge is 2.40. The summed E-state index contributed by atoms with van der Waals surface area (Å²) in [7, 11) is 0. The predicted octanol–water partition coefficient (Wildman–Crippen LogP) is 0.923. The first kappa shape index (κ1) is 24.6. The number of nitrogens with zero attached hydrogens (tertiary/aromatic N) is 4. The number of aliphatic hydroxyl groups excluding tert-OH is 4. The van der Waals surface area contributed by atoms with Crippen LogP contribution >= 0.6 is 0 Å². The SMILES string of the molecule is O=[N+]([O-])c1cc(-c2cccnn2)ccc1NCc1cccc(CN2C[C@H](O)[C@@H](O)[C@H](O)[C@H]2CO)c1. The smallest absolute Gasteiger partial charge is 0.293 e. The maximum Gasteiger partial charge on any atom is 0.293 e. The van der Waals surface area contributed by atoms with Gasteiger partial charge in [-0.15, -0.1) is 0 Å². The number of rotatable bonds is 8. The Morgan fingerprint density at radius 1 is 1.06 bits per heavy atom. The highest BCUT2D eigenvalue weighted by atomic mass is 16.6. The predicted molar refractivity (Wildman–Crippen MR) is 127 cm³/mol. The third-order valence-electron chi connectivity index (χ3n) is 6.14. The van der Waals surface area contributed by atoms with E-state index in [1.807, 2.05) is 24.3 Å². The Labute approximate surface area is 201 Å². The molecular weight excluding hydrogens is 454 g/mol. The van der Waals surface area contributed by atoms with Crippen LogP contribution in [-0.4, -0.2) is 78.0 Å². The molecule has 35 heavy (non-hydrogen) atoms. The molecule has 4 rings (SSSR count). The largest absolute Gasteiger partial charge is 0.395 e. The van der Waals surface area contributed by atoms with Crippen molar-refractivity contribution in [3.05, 3.63) is 82.0 Å². The fourth-order valence-electron chi connectivity index (χ4n) is 4.28. The van der Waals surface area contributed by atoms with Crippen LogP contribution in [0, 0.1) is 10.1 Å². The van der Waals surface area contributed by atoms with Gasteiger partial charge < -0.3 is 25.7 Å². The Kier molecular flexibility index (Phi) is 7.63. The molecule has 0 saturated carbocycles. The lowest BCUT2D eigenvalue weighted by Crippen LogP contribution is -2.62. The molecule has 1 saturated heterocycles. The second-order valence-corrected chi connectivity index (χ2v) is 8.50. The molecule has 0 amide bonds. The lowest BCUT2D eigenvalue weighted by atomic mass is 9.93. The third kappa shape index (κ3) is 5.61. The Morgan fingerprint density at radius 2 is 1.86 bits per heavy atom. The zero-order chi connectivity index (χ0) is 24.9. The van der Waals surface area contributed by atoms with Crippen LogP contribution in [0.25, 0.3) is 11.3 Å². The van der Waals surface area contributed by atoms with Gasteiger partial charge in [0.1, 0.15) is 17.9 Å². The molecule has 5 N–H and O–H groups in total. The molecule has 1 aliphatic heterocycles. The number of aromatic nitrogens is 2. The van der Waals surface area contributed by atoms with Gasteiger partial charge in [0.15, 0.2) is 0 Å². The summed E-state index contributed by atoms with van der Waals surface area (Å²) < 4.78 is 0. The van der Waals surface area contributed by atoms with Gasteiger partial charge in [0.05, 0.1) is 29.4 Å². The van der Waals surface area contributed by atoms with Crippen LogP contribution in [0.5, 0.6) is 0 Å². The van der Waals surface area contributed by atoms with Crippen molar-refractivity contribution in [3.8, 4) is 11.3 Å². The summed E-state index contributed by atoms with van der Waals surface area (Å²) >= 11 is 0. The molecular formula is C24H27N5O6. The van der Waals surface area contributed by atoms with Crippen LogP contribution in [0.15, 0.2) is 60.8 Å². The molecule has 1 aromatic heterocycles. The van der Waals surface area contributed by atoms with Gasteiger partial charge in [-0.1, -0.05) is 30.3 Å². The molecule has 2 heterocycles. The van der Waals surface area contributed by atoms with Crippen molar-refractivity contribution in [1.29, 1.82) is 0 Å². The maximum absolute atomic E-state index is 11.7. The number of likely N-dealkylation sites (tertiary alicyclic amines) is 1. The van der Waals surface area contributed by atoms with E-state index in [0.29, 0.717) is 30.0 Å². The van der Waals surface area contributed by atoms with Crippen molar-refractivity contribution in [2.24, 2.45) is 0 Å². The fraction of sp³-hybridized carbons (Fsp3) is 0.333. The van der Waals surface area contributed by atoms with Gasteiger partial charge in [0, 0.05) is 37.5 Å². The van der Waals surface area contributed by atoms with E-state index in [0.717, 1.165) is 11.1 Å². The highest BCUT2D eigenvalue weighted by Crippen LogP contribution is 2.30. The zero-order valence-electron chi connectivity index (χ0n) is 18.8. The minimum Gasteiger partial charge on any atom is -0.395 e. The number of anilines is 1. The molecule has 0 spiro atoms. The number of nitro groups is 1. The first-order chi connectivity index (χ1) is 16.9. The Bertz CT molecular complexity index is 1160. The van der Waals surface area contributed by atoms with Crippen molar-refractivity contribution in [3.63, 3.8) is 0 Å². The van der Waals surface area contributed by atoms with Crippen LogP contribution < -0.4 is 5.32 Å². The second-order valence-electron chi connectivity index (χ2n) is 8.50. The number of aliphatic hydroxyl groups is 4. The summed E-state index contributed by atoms with van der Waals surface area (Å²) in [4.78, 5) is 12.9. The van der Waals surface area contributed by atoms with Gasteiger partial charge in [0.25, 0.3) is 5.69 Å². The summed E-state index contributed by atoms with van der Waals surface area (Å²) in [5.41, 5.74) is 3.15. The topological polar surface area (TPSA) is 165 Å². The normalized spacial score (nSPS) is 22.6. The summed E-state index contributed by atoms with van der Waals surface area (Å²) in [6.07, 6.45) is -2.16. The fourth-order valence-corrected chi connectivity index (χ4v) is 4.28. The van der Waals surface area contributed by atoms with Crippen molar-refractivity contribution in [2.75, 3.05) is 18.5 Å². The van der Waals surface area contributed by atoms with Crippen LogP contribution in [0.3, 0.4) is 0 Å². The molecule has 0 aliphatic carbocycles. The first-order valence-corrected chi connectivity index (χ1v) is 11.1. The molecule has 3 aromatic rings. The second kappa shape index (κ2) is 10.8. The molecule has 1 fully saturated rings. The minimum absolute atomic E-state index is 0.0788. The van der Waals surface area contributed by atoms with E-state index < -0.39 is 29.3 Å². The third-order valence-corrected chi connectivity index (χ3v) is 6.14. The Hall–Kier alpha value is -3.48. The quantitative estimate of drug-likeness (QED) is 0.231. The van der Waals surface area contributed by atoms with E-state index in [1.54, 1.807) is 29.2 Å². The van der Waals surface area contributed by atoms with E-state index in [9.17, 15) is 30.5 Å². The lowest BCUT2D eigenvalue weighted by Gasteiger charge is -2.43. The van der Waals surface area contributed by atoms with Crippen molar-refractivity contribution >= 4 is 11.4 Å². The highest BCUT2D eigenvalue weighted by molar-refractivity contribution is 5.71. The Balaban J connectivity index is 1.47. The van der Waals surface area contributed by atoms with Crippen LogP contribution in [0.4, 0.5) is 11.4 Å². The van der Waals surface area contributed by atoms with Crippen LogP contribution in [0.1, 0.15) is 11.1 Å². The van der Waals surface area contributed by atoms with Crippen LogP contribution in [-0.2, 0) is 13.1 Å². The van der Waals surface area contributed by atoms with E-state index >= 15 is 0 Å². The van der Waals surface area contributed by atoms with Crippen molar-refractivity contribution < 1.29 is 25.3 Å². The number of benzene rings is 2. The molecule has 1 aliphatic rings. The number of hydrogen-bond acceptors (Lipinski definition) is 10. The van der Waals surface area contributed by atoms with Gasteiger partial charge in [-0.3, -0.25) is 15.0 Å². The average molecular weight is 482 g/mol. The summed E-state index contributed by atoms with van der Waals surface area (Å²) in [5, 5.41) is 62.4.